The Hall–Kier alpha value is -0.900. The molecular formula is C12H18N2O. The lowest BCUT2D eigenvalue weighted by Crippen LogP contribution is -2.45. The lowest BCUT2D eigenvalue weighted by Gasteiger charge is -2.27. The van der Waals surface area contributed by atoms with Crippen molar-refractivity contribution in [2.75, 3.05) is 13.2 Å². The summed E-state index contributed by atoms with van der Waals surface area (Å²) in [5.41, 5.74) is 8.32. The highest BCUT2D eigenvalue weighted by Gasteiger charge is 2.16. The van der Waals surface area contributed by atoms with Crippen LogP contribution in [0.5, 0.6) is 0 Å². The van der Waals surface area contributed by atoms with Gasteiger partial charge in [-0.3, -0.25) is 0 Å². The maximum Gasteiger partial charge on any atom is 0.0643 e. The summed E-state index contributed by atoms with van der Waals surface area (Å²) in [6.07, 6.45) is 0. The van der Waals surface area contributed by atoms with E-state index in [0.29, 0.717) is 6.04 Å². The molecule has 0 saturated carbocycles. The lowest BCUT2D eigenvalue weighted by molar-refractivity contribution is -0.00578. The Balaban J connectivity index is 1.92. The minimum Gasteiger partial charge on any atom is -0.378 e. The van der Waals surface area contributed by atoms with E-state index in [1.165, 1.54) is 11.1 Å². The highest BCUT2D eigenvalue weighted by molar-refractivity contribution is 5.25. The molecule has 2 rings (SSSR count). The van der Waals surface area contributed by atoms with E-state index in [9.17, 15) is 0 Å². The Morgan fingerprint density at radius 2 is 2.33 bits per heavy atom. The molecule has 1 aromatic rings. The summed E-state index contributed by atoms with van der Waals surface area (Å²) < 4.78 is 5.10. The van der Waals surface area contributed by atoms with Crippen molar-refractivity contribution in [2.45, 2.75) is 25.6 Å². The molecule has 3 nitrogen and oxygen atoms in total. The molecule has 1 saturated heterocycles. The molecular weight excluding hydrogens is 188 g/mol. The van der Waals surface area contributed by atoms with Gasteiger partial charge >= 0.3 is 0 Å². The first-order valence-electron chi connectivity index (χ1n) is 5.41. The van der Waals surface area contributed by atoms with E-state index < -0.39 is 0 Å². The normalized spacial score (nSPS) is 18.5. The third kappa shape index (κ3) is 2.78. The van der Waals surface area contributed by atoms with Crippen LogP contribution in [0.15, 0.2) is 24.3 Å². The molecule has 15 heavy (non-hydrogen) atoms. The summed E-state index contributed by atoms with van der Waals surface area (Å²) in [5, 5.41) is 3.44. The first kappa shape index (κ1) is 10.6. The van der Waals surface area contributed by atoms with E-state index in [1.54, 1.807) is 0 Å². The van der Waals surface area contributed by atoms with E-state index in [-0.39, 0.29) is 6.04 Å². The van der Waals surface area contributed by atoms with Crippen molar-refractivity contribution in [2.24, 2.45) is 5.73 Å². The summed E-state index contributed by atoms with van der Waals surface area (Å²) in [6.45, 7) is 4.58. The summed E-state index contributed by atoms with van der Waals surface area (Å²) >= 11 is 0. The second-order valence-corrected chi connectivity index (χ2v) is 4.15. The fourth-order valence-corrected chi connectivity index (χ4v) is 1.60. The number of ether oxygens (including phenoxy) is 1. The highest BCUT2D eigenvalue weighted by atomic mass is 16.5. The van der Waals surface area contributed by atoms with Gasteiger partial charge in [-0.2, -0.15) is 0 Å². The predicted octanol–water partition coefficient (Wildman–Crippen LogP) is 1.19. The second kappa shape index (κ2) is 4.75. The largest absolute Gasteiger partial charge is 0.378 e. The number of hydrogen-bond donors (Lipinski definition) is 2. The number of nitrogens with one attached hydrogen (secondary N) is 1. The van der Waals surface area contributed by atoms with Crippen LogP contribution in [-0.2, 0) is 11.3 Å². The minimum atomic E-state index is 0.108. The molecule has 1 aliphatic rings. The molecule has 0 amide bonds. The molecule has 3 N–H and O–H groups in total. The molecule has 0 radical (unpaired) electrons. The van der Waals surface area contributed by atoms with E-state index in [1.807, 2.05) is 6.92 Å². The van der Waals surface area contributed by atoms with Crippen LogP contribution in [0.2, 0.25) is 0 Å². The molecule has 1 unspecified atom stereocenters. The zero-order valence-electron chi connectivity index (χ0n) is 9.07. The van der Waals surface area contributed by atoms with E-state index in [2.05, 4.69) is 29.6 Å². The van der Waals surface area contributed by atoms with Crippen molar-refractivity contribution in [3.05, 3.63) is 35.4 Å². The SMILES string of the molecule is CC(N)c1cccc(CNC2COC2)c1. The van der Waals surface area contributed by atoms with Crippen LogP contribution in [0.3, 0.4) is 0 Å². The van der Waals surface area contributed by atoms with Crippen LogP contribution >= 0.6 is 0 Å². The van der Waals surface area contributed by atoms with Gasteiger partial charge in [-0.15, -0.1) is 0 Å². The van der Waals surface area contributed by atoms with Gasteiger partial charge in [-0.05, 0) is 18.1 Å². The number of benzene rings is 1. The summed E-state index contributed by atoms with van der Waals surface area (Å²) in [4.78, 5) is 0. The first-order chi connectivity index (χ1) is 7.25. The second-order valence-electron chi connectivity index (χ2n) is 4.15. The highest BCUT2D eigenvalue weighted by Crippen LogP contribution is 2.12. The van der Waals surface area contributed by atoms with E-state index in [4.69, 9.17) is 10.5 Å². The quantitative estimate of drug-likeness (QED) is 0.778. The van der Waals surface area contributed by atoms with Gasteiger partial charge in [0.05, 0.1) is 19.3 Å². The fourth-order valence-electron chi connectivity index (χ4n) is 1.60. The van der Waals surface area contributed by atoms with Crippen LogP contribution in [0.25, 0.3) is 0 Å². The number of hydrogen-bond acceptors (Lipinski definition) is 3. The lowest BCUT2D eigenvalue weighted by atomic mass is 10.1. The third-order valence-electron chi connectivity index (χ3n) is 2.71. The Labute approximate surface area is 90.6 Å². The molecule has 0 aromatic heterocycles. The Kier molecular flexibility index (Phi) is 3.36. The van der Waals surface area contributed by atoms with E-state index >= 15 is 0 Å². The molecule has 1 heterocycles. The zero-order chi connectivity index (χ0) is 10.7. The van der Waals surface area contributed by atoms with Crippen LogP contribution in [0.1, 0.15) is 24.1 Å². The summed E-state index contributed by atoms with van der Waals surface area (Å²) in [6, 6.07) is 9.06. The summed E-state index contributed by atoms with van der Waals surface area (Å²) in [7, 11) is 0. The van der Waals surface area contributed by atoms with Crippen LogP contribution < -0.4 is 11.1 Å². The first-order valence-corrected chi connectivity index (χ1v) is 5.41. The molecule has 3 heteroatoms. The van der Waals surface area contributed by atoms with Gasteiger partial charge in [0.1, 0.15) is 0 Å². The van der Waals surface area contributed by atoms with Gasteiger partial charge in [0.2, 0.25) is 0 Å². The van der Waals surface area contributed by atoms with Crippen molar-refractivity contribution in [1.82, 2.24) is 5.32 Å². The Bertz CT molecular complexity index is 321. The average Bonchev–Trinajstić information content (AvgIpc) is 2.16. The van der Waals surface area contributed by atoms with Crippen molar-refractivity contribution in [3.8, 4) is 0 Å². The average molecular weight is 206 g/mol. The molecule has 1 fully saturated rings. The van der Waals surface area contributed by atoms with Gasteiger partial charge in [0.25, 0.3) is 0 Å². The maximum atomic E-state index is 5.84. The maximum absolute atomic E-state index is 5.84. The zero-order valence-corrected chi connectivity index (χ0v) is 9.07. The fraction of sp³-hybridized carbons (Fsp3) is 0.500. The smallest absolute Gasteiger partial charge is 0.0643 e. The Morgan fingerprint density at radius 1 is 1.53 bits per heavy atom. The molecule has 0 spiro atoms. The monoisotopic (exact) mass is 206 g/mol. The molecule has 1 atom stereocenters. The molecule has 1 aromatic carbocycles. The van der Waals surface area contributed by atoms with Gasteiger partial charge in [-0.25, -0.2) is 0 Å². The van der Waals surface area contributed by atoms with Crippen LogP contribution in [0, 0.1) is 0 Å². The predicted molar refractivity (Wildman–Crippen MR) is 60.5 cm³/mol. The van der Waals surface area contributed by atoms with E-state index in [0.717, 1.165) is 19.8 Å². The van der Waals surface area contributed by atoms with Crippen LogP contribution in [0.4, 0.5) is 0 Å². The van der Waals surface area contributed by atoms with Gasteiger partial charge in [0.15, 0.2) is 0 Å². The number of nitrogens with two attached hydrogens (primary N) is 1. The minimum absolute atomic E-state index is 0.108. The summed E-state index contributed by atoms with van der Waals surface area (Å²) in [5.74, 6) is 0. The molecule has 0 bridgehead atoms. The van der Waals surface area contributed by atoms with Gasteiger partial charge in [0, 0.05) is 12.6 Å². The van der Waals surface area contributed by atoms with Crippen molar-refractivity contribution in [3.63, 3.8) is 0 Å². The Morgan fingerprint density at radius 3 is 2.93 bits per heavy atom. The molecule has 0 aliphatic carbocycles. The third-order valence-corrected chi connectivity index (χ3v) is 2.71. The topological polar surface area (TPSA) is 47.3 Å². The van der Waals surface area contributed by atoms with Gasteiger partial charge in [-0.1, -0.05) is 24.3 Å². The van der Waals surface area contributed by atoms with Gasteiger partial charge < -0.3 is 15.8 Å². The molecule has 1 aliphatic heterocycles. The van der Waals surface area contributed by atoms with Crippen LogP contribution in [-0.4, -0.2) is 19.3 Å². The standard InChI is InChI=1S/C12H18N2O/c1-9(13)11-4-2-3-10(5-11)6-14-12-7-15-8-12/h2-5,9,12,14H,6-8,13H2,1H3. The molecule has 82 valence electrons. The number of rotatable bonds is 4. The van der Waals surface area contributed by atoms with Crippen molar-refractivity contribution in [1.29, 1.82) is 0 Å². The van der Waals surface area contributed by atoms with Crippen molar-refractivity contribution < 1.29 is 4.74 Å². The van der Waals surface area contributed by atoms with Crippen molar-refractivity contribution >= 4 is 0 Å².